The van der Waals surface area contributed by atoms with Crippen LogP contribution in [0.2, 0.25) is 5.02 Å². The van der Waals surface area contributed by atoms with E-state index in [0.717, 1.165) is 28.5 Å². The number of rotatable bonds is 4. The Bertz CT molecular complexity index is 1230. The van der Waals surface area contributed by atoms with Crippen molar-refractivity contribution in [2.75, 3.05) is 6.54 Å². The first-order valence-corrected chi connectivity index (χ1v) is 10.2. The van der Waals surface area contributed by atoms with E-state index in [1.54, 1.807) is 18.3 Å². The number of carbonyl (C=O) groups is 1. The predicted octanol–water partition coefficient (Wildman–Crippen LogP) is 5.13. The lowest BCUT2D eigenvalue weighted by molar-refractivity contribution is -0.132. The summed E-state index contributed by atoms with van der Waals surface area (Å²) < 4.78 is 18.8. The van der Waals surface area contributed by atoms with Crippen LogP contribution in [0, 0.1) is 5.82 Å². The second-order valence-electron chi connectivity index (χ2n) is 7.46. The monoisotopic (exact) mass is 423 g/mol. The maximum atomic E-state index is 13.1. The summed E-state index contributed by atoms with van der Waals surface area (Å²) in [4.78, 5) is 22.4. The van der Waals surface area contributed by atoms with Crippen molar-refractivity contribution in [3.05, 3.63) is 76.6 Å². The van der Waals surface area contributed by atoms with Gasteiger partial charge in [-0.3, -0.25) is 4.79 Å². The molecule has 2 aromatic heterocycles. The summed E-state index contributed by atoms with van der Waals surface area (Å²) >= 11 is 6.16. The lowest BCUT2D eigenvalue weighted by Gasteiger charge is -2.27. The van der Waals surface area contributed by atoms with E-state index < -0.39 is 0 Å². The summed E-state index contributed by atoms with van der Waals surface area (Å²) in [6.45, 7) is 1.25. The van der Waals surface area contributed by atoms with E-state index in [2.05, 4.69) is 9.97 Å². The average Bonchev–Trinajstić information content (AvgIpc) is 3.36. The molecule has 1 amide bonds. The third-order valence-electron chi connectivity index (χ3n) is 5.53. The quantitative estimate of drug-likeness (QED) is 0.494. The third-order valence-corrected chi connectivity index (χ3v) is 5.76. The van der Waals surface area contributed by atoms with Gasteiger partial charge in [0.15, 0.2) is 11.7 Å². The highest BCUT2D eigenvalue weighted by molar-refractivity contribution is 6.31. The van der Waals surface area contributed by atoms with Crippen molar-refractivity contribution in [2.45, 2.75) is 25.8 Å². The molecule has 0 aliphatic carbocycles. The number of halogens is 2. The highest BCUT2D eigenvalue weighted by atomic mass is 35.5. The van der Waals surface area contributed by atoms with Gasteiger partial charge >= 0.3 is 0 Å². The van der Waals surface area contributed by atoms with E-state index >= 15 is 0 Å². The Kier molecular flexibility index (Phi) is 4.79. The van der Waals surface area contributed by atoms with Crippen LogP contribution < -0.4 is 0 Å². The van der Waals surface area contributed by atoms with Gasteiger partial charge in [-0.1, -0.05) is 11.6 Å². The van der Waals surface area contributed by atoms with Gasteiger partial charge in [0, 0.05) is 65.1 Å². The van der Waals surface area contributed by atoms with Crippen molar-refractivity contribution in [1.82, 2.24) is 14.9 Å². The molecule has 0 unspecified atom stereocenters. The second-order valence-corrected chi connectivity index (χ2v) is 7.90. The van der Waals surface area contributed by atoms with Crippen molar-refractivity contribution in [1.29, 1.82) is 0 Å². The maximum Gasteiger partial charge on any atom is 0.223 e. The molecule has 5 nitrogen and oxygen atoms in total. The molecule has 30 heavy (non-hydrogen) atoms. The molecule has 0 atom stereocenters. The zero-order valence-corrected chi connectivity index (χ0v) is 16.9. The Balaban J connectivity index is 1.25. The topological polar surface area (TPSA) is 62.1 Å². The van der Waals surface area contributed by atoms with Crippen molar-refractivity contribution in [3.63, 3.8) is 0 Å². The number of aromatic amines is 1. The molecule has 152 valence electrons. The Hall–Kier alpha value is -3.12. The van der Waals surface area contributed by atoms with Crippen LogP contribution in [0.25, 0.3) is 22.2 Å². The third kappa shape index (κ3) is 3.59. The number of H-pyrrole nitrogens is 1. The van der Waals surface area contributed by atoms with Gasteiger partial charge in [-0.25, -0.2) is 9.37 Å². The smallest absolute Gasteiger partial charge is 0.223 e. The lowest BCUT2D eigenvalue weighted by atomic mass is 10.0. The lowest BCUT2D eigenvalue weighted by Crippen LogP contribution is -2.35. The Morgan fingerprint density at radius 3 is 2.90 bits per heavy atom. The molecule has 0 bridgehead atoms. The summed E-state index contributed by atoms with van der Waals surface area (Å²) in [6.07, 6.45) is 3.14. The van der Waals surface area contributed by atoms with Crippen molar-refractivity contribution in [2.24, 2.45) is 0 Å². The van der Waals surface area contributed by atoms with Gasteiger partial charge in [0.1, 0.15) is 5.82 Å². The molecule has 3 heterocycles. The van der Waals surface area contributed by atoms with E-state index in [0.29, 0.717) is 42.6 Å². The normalized spacial score (nSPS) is 13.6. The van der Waals surface area contributed by atoms with Crippen LogP contribution in [0.3, 0.4) is 0 Å². The fraction of sp³-hybridized carbons (Fsp3) is 0.217. The van der Waals surface area contributed by atoms with Gasteiger partial charge in [-0.05, 0) is 42.5 Å². The Labute approximate surface area is 177 Å². The van der Waals surface area contributed by atoms with Crippen LogP contribution in [-0.2, 0) is 24.2 Å². The summed E-state index contributed by atoms with van der Waals surface area (Å²) in [5.41, 5.74) is 4.12. The van der Waals surface area contributed by atoms with E-state index in [4.69, 9.17) is 16.0 Å². The molecule has 7 heteroatoms. The molecule has 1 N–H and O–H groups in total. The number of aromatic nitrogens is 2. The van der Waals surface area contributed by atoms with Gasteiger partial charge in [-0.2, -0.15) is 0 Å². The minimum Gasteiger partial charge on any atom is -0.441 e. The summed E-state index contributed by atoms with van der Waals surface area (Å²) in [5.74, 6) is 0.833. The second kappa shape index (κ2) is 7.61. The van der Waals surface area contributed by atoms with Crippen molar-refractivity contribution in [3.8, 4) is 11.3 Å². The van der Waals surface area contributed by atoms with Crippen LogP contribution in [0.15, 0.2) is 53.1 Å². The number of amides is 1. The van der Waals surface area contributed by atoms with Crippen molar-refractivity contribution >= 4 is 28.4 Å². The van der Waals surface area contributed by atoms with Gasteiger partial charge in [0.25, 0.3) is 0 Å². The zero-order valence-electron chi connectivity index (χ0n) is 16.1. The SMILES string of the molecule is O=C(CCc1ncc(-c2ccc(F)cc2)o1)N1CCc2[nH]c3ccc(Cl)cc3c2C1. The number of hydrogen-bond donors (Lipinski definition) is 1. The first kappa shape index (κ1) is 18.9. The van der Waals surface area contributed by atoms with E-state index in [-0.39, 0.29) is 11.7 Å². The number of fused-ring (bicyclic) bond motifs is 3. The first-order valence-electron chi connectivity index (χ1n) is 9.84. The molecule has 5 rings (SSSR count). The standard InChI is InChI=1S/C23H19ClFN3O2/c24-15-3-6-19-17(11-15)18-13-28(10-9-20(18)27-19)23(29)8-7-22-26-12-21(30-22)14-1-4-16(25)5-2-14/h1-6,11-12,27H,7-10,13H2. The molecule has 2 aromatic carbocycles. The molecule has 0 saturated heterocycles. The predicted molar refractivity (Wildman–Crippen MR) is 113 cm³/mol. The Morgan fingerprint density at radius 2 is 2.07 bits per heavy atom. The molecule has 0 spiro atoms. The molecule has 0 saturated carbocycles. The highest BCUT2D eigenvalue weighted by Crippen LogP contribution is 2.30. The van der Waals surface area contributed by atoms with E-state index in [1.165, 1.54) is 17.8 Å². The number of oxazole rings is 1. The molecular weight excluding hydrogens is 405 g/mol. The van der Waals surface area contributed by atoms with E-state index in [1.807, 2.05) is 23.1 Å². The molecule has 1 aliphatic heterocycles. The maximum absolute atomic E-state index is 13.1. The summed E-state index contributed by atoms with van der Waals surface area (Å²) in [7, 11) is 0. The minimum atomic E-state index is -0.300. The zero-order chi connectivity index (χ0) is 20.7. The van der Waals surface area contributed by atoms with E-state index in [9.17, 15) is 9.18 Å². The first-order chi connectivity index (χ1) is 14.6. The number of benzene rings is 2. The number of aryl methyl sites for hydroxylation is 1. The number of nitrogens with zero attached hydrogens (tertiary/aromatic N) is 2. The highest BCUT2D eigenvalue weighted by Gasteiger charge is 2.24. The summed E-state index contributed by atoms with van der Waals surface area (Å²) in [5, 5.41) is 1.76. The van der Waals surface area contributed by atoms with Gasteiger partial charge < -0.3 is 14.3 Å². The van der Waals surface area contributed by atoms with Gasteiger partial charge in [0.2, 0.25) is 5.91 Å². The minimum absolute atomic E-state index is 0.0681. The van der Waals surface area contributed by atoms with Gasteiger partial charge in [0.05, 0.1) is 6.20 Å². The number of carbonyl (C=O) groups excluding carboxylic acids is 1. The van der Waals surface area contributed by atoms with Crippen LogP contribution in [0.4, 0.5) is 4.39 Å². The fourth-order valence-electron chi connectivity index (χ4n) is 3.94. The number of hydrogen-bond acceptors (Lipinski definition) is 3. The average molecular weight is 424 g/mol. The molecule has 0 fully saturated rings. The van der Waals surface area contributed by atoms with Gasteiger partial charge in [-0.15, -0.1) is 0 Å². The van der Waals surface area contributed by atoms with Crippen LogP contribution in [-0.4, -0.2) is 27.3 Å². The summed E-state index contributed by atoms with van der Waals surface area (Å²) in [6, 6.07) is 11.8. The molecule has 1 aliphatic rings. The van der Waals surface area contributed by atoms with Crippen LogP contribution >= 0.6 is 11.6 Å². The van der Waals surface area contributed by atoms with Crippen molar-refractivity contribution < 1.29 is 13.6 Å². The molecule has 0 radical (unpaired) electrons. The number of nitrogens with one attached hydrogen (secondary N) is 1. The molecular formula is C23H19ClFN3O2. The largest absolute Gasteiger partial charge is 0.441 e. The van der Waals surface area contributed by atoms with Crippen LogP contribution in [0.5, 0.6) is 0 Å². The fourth-order valence-corrected chi connectivity index (χ4v) is 4.12. The molecule has 4 aromatic rings. The van der Waals surface area contributed by atoms with Crippen LogP contribution in [0.1, 0.15) is 23.6 Å². The Morgan fingerprint density at radius 1 is 1.23 bits per heavy atom.